The molecule has 0 bridgehead atoms. The lowest BCUT2D eigenvalue weighted by atomic mass is 9.77. The van der Waals surface area contributed by atoms with Crippen molar-refractivity contribution in [1.29, 1.82) is 0 Å². The first-order valence-corrected chi connectivity index (χ1v) is 8.17. The third-order valence-corrected chi connectivity index (χ3v) is 4.40. The predicted octanol–water partition coefficient (Wildman–Crippen LogP) is 3.45. The second kappa shape index (κ2) is 6.67. The number of nitrogens with two attached hydrogens (primary N) is 1. The smallest absolute Gasteiger partial charge is 0.491 e. The van der Waals surface area contributed by atoms with Gasteiger partial charge < -0.3 is 19.8 Å². The molecule has 0 aromatic heterocycles. The van der Waals surface area contributed by atoms with E-state index in [1.165, 1.54) is 0 Å². The molecule has 1 heterocycles. The first-order chi connectivity index (χ1) is 10.6. The molecule has 1 aromatic carbocycles. The average Bonchev–Trinajstić information content (AvgIpc) is 2.66. The van der Waals surface area contributed by atoms with Crippen LogP contribution in [-0.4, -0.2) is 31.0 Å². The van der Waals surface area contributed by atoms with Gasteiger partial charge >= 0.3 is 7.12 Å². The highest BCUT2D eigenvalue weighted by atomic mass is 16.7. The highest BCUT2D eigenvalue weighted by Gasteiger charge is 2.52. The van der Waals surface area contributed by atoms with Crippen molar-refractivity contribution in [3.8, 4) is 5.75 Å². The topological polar surface area (TPSA) is 53.7 Å². The summed E-state index contributed by atoms with van der Waals surface area (Å²) < 4.78 is 17.8. The molecule has 0 atom stereocenters. The third-order valence-electron chi connectivity index (χ3n) is 4.40. The number of hydrogen-bond donors (Lipinski definition) is 1. The molecule has 2 rings (SSSR count). The fraction of sp³-hybridized carbons (Fsp3) is 0.556. The number of rotatable bonds is 5. The van der Waals surface area contributed by atoms with Crippen molar-refractivity contribution in [3.63, 3.8) is 0 Å². The molecule has 1 aliphatic heterocycles. The first-order valence-electron chi connectivity index (χ1n) is 8.17. The van der Waals surface area contributed by atoms with Gasteiger partial charge in [-0.15, -0.1) is 0 Å². The van der Waals surface area contributed by atoms with Crippen LogP contribution >= 0.6 is 0 Å². The molecule has 23 heavy (non-hydrogen) atoms. The average molecular weight is 317 g/mol. The molecule has 0 spiro atoms. The maximum absolute atomic E-state index is 6.07. The second-order valence-electron chi connectivity index (χ2n) is 7.25. The lowest BCUT2D eigenvalue weighted by molar-refractivity contribution is 0.00578. The van der Waals surface area contributed by atoms with E-state index in [-0.39, 0.29) is 17.3 Å². The van der Waals surface area contributed by atoms with Gasteiger partial charge in [-0.05, 0) is 64.7 Å². The molecule has 1 saturated heterocycles. The van der Waals surface area contributed by atoms with Crippen molar-refractivity contribution < 1.29 is 14.0 Å². The highest BCUT2D eigenvalue weighted by Crippen LogP contribution is 2.38. The van der Waals surface area contributed by atoms with E-state index in [0.717, 1.165) is 16.8 Å². The second-order valence-corrected chi connectivity index (χ2v) is 7.25. The molecular weight excluding hydrogens is 289 g/mol. The summed E-state index contributed by atoms with van der Waals surface area (Å²) in [6, 6.07) is 7.95. The Morgan fingerprint density at radius 3 is 2.09 bits per heavy atom. The maximum atomic E-state index is 6.07. The van der Waals surface area contributed by atoms with Crippen LogP contribution < -0.4 is 10.5 Å². The van der Waals surface area contributed by atoms with E-state index >= 15 is 0 Å². The van der Waals surface area contributed by atoms with E-state index in [1.54, 1.807) is 0 Å². The van der Waals surface area contributed by atoms with Crippen LogP contribution in [0.15, 0.2) is 29.7 Å². The van der Waals surface area contributed by atoms with Crippen molar-refractivity contribution >= 4 is 13.2 Å². The Hall–Kier alpha value is -1.30. The molecule has 126 valence electrons. The zero-order valence-electron chi connectivity index (χ0n) is 15.1. The van der Waals surface area contributed by atoms with E-state index in [0.29, 0.717) is 6.54 Å². The molecule has 5 heteroatoms. The maximum Gasteiger partial charge on any atom is 0.491 e. The van der Waals surface area contributed by atoms with Crippen LogP contribution in [0.25, 0.3) is 6.08 Å². The van der Waals surface area contributed by atoms with Crippen molar-refractivity contribution in [1.82, 2.24) is 0 Å². The monoisotopic (exact) mass is 317 g/mol. The Morgan fingerprint density at radius 2 is 1.65 bits per heavy atom. The standard InChI is InChI=1S/C18H28BNO3/c1-13(2)21-16-9-7-14(8-10-16)11-15(12-20)19-22-17(3,4)18(5,6)23-19/h7-11,13H,12,20H2,1-6H3. The third kappa shape index (κ3) is 4.16. The molecular formula is C18H28BNO3. The van der Waals surface area contributed by atoms with Crippen LogP contribution in [0.1, 0.15) is 47.1 Å². The molecule has 4 nitrogen and oxygen atoms in total. The summed E-state index contributed by atoms with van der Waals surface area (Å²) in [7, 11) is -0.406. The van der Waals surface area contributed by atoms with Gasteiger partial charge in [0.15, 0.2) is 0 Å². The minimum atomic E-state index is -0.406. The van der Waals surface area contributed by atoms with Gasteiger partial charge in [-0.1, -0.05) is 18.2 Å². The van der Waals surface area contributed by atoms with Gasteiger partial charge in [0.25, 0.3) is 0 Å². The number of hydrogen-bond acceptors (Lipinski definition) is 4. The Labute approximate surface area is 140 Å². The van der Waals surface area contributed by atoms with Gasteiger partial charge in [-0.25, -0.2) is 0 Å². The molecule has 1 aliphatic rings. The molecule has 1 fully saturated rings. The van der Waals surface area contributed by atoms with Crippen molar-refractivity contribution in [3.05, 3.63) is 35.3 Å². The van der Waals surface area contributed by atoms with E-state index in [1.807, 2.05) is 71.9 Å². The van der Waals surface area contributed by atoms with Gasteiger partial charge in [0.2, 0.25) is 0 Å². The van der Waals surface area contributed by atoms with Crippen molar-refractivity contribution in [2.45, 2.75) is 58.8 Å². The van der Waals surface area contributed by atoms with Crippen molar-refractivity contribution in [2.24, 2.45) is 5.73 Å². The van der Waals surface area contributed by atoms with Crippen LogP contribution in [0.5, 0.6) is 5.75 Å². The normalized spacial score (nSPS) is 20.2. The van der Waals surface area contributed by atoms with Crippen LogP contribution in [0.4, 0.5) is 0 Å². The summed E-state index contributed by atoms with van der Waals surface area (Å²) in [4.78, 5) is 0. The summed E-state index contributed by atoms with van der Waals surface area (Å²) in [5.74, 6) is 0.863. The Kier molecular flexibility index (Phi) is 5.24. The molecule has 0 radical (unpaired) electrons. The van der Waals surface area contributed by atoms with Gasteiger partial charge in [0.1, 0.15) is 5.75 Å². The fourth-order valence-electron chi connectivity index (χ4n) is 2.35. The van der Waals surface area contributed by atoms with Crippen LogP contribution in [0, 0.1) is 0 Å². The largest absolute Gasteiger partial charge is 0.491 e. The number of benzene rings is 1. The zero-order chi connectivity index (χ0) is 17.3. The Bertz CT molecular complexity index is 548. The van der Waals surface area contributed by atoms with Crippen LogP contribution in [-0.2, 0) is 9.31 Å². The predicted molar refractivity (Wildman–Crippen MR) is 95.3 cm³/mol. The molecule has 0 saturated carbocycles. The van der Waals surface area contributed by atoms with Crippen LogP contribution in [0.3, 0.4) is 0 Å². The summed E-state index contributed by atoms with van der Waals surface area (Å²) in [5, 5.41) is 0. The van der Waals surface area contributed by atoms with E-state index in [9.17, 15) is 0 Å². The quantitative estimate of drug-likeness (QED) is 0.845. The van der Waals surface area contributed by atoms with E-state index < -0.39 is 7.12 Å². The Balaban J connectivity index is 2.16. The lowest BCUT2D eigenvalue weighted by Gasteiger charge is -2.32. The van der Waals surface area contributed by atoms with Gasteiger partial charge in [-0.3, -0.25) is 0 Å². The summed E-state index contributed by atoms with van der Waals surface area (Å²) in [6.45, 7) is 12.6. The molecule has 1 aromatic rings. The van der Waals surface area contributed by atoms with Gasteiger partial charge in [-0.2, -0.15) is 0 Å². The fourth-order valence-corrected chi connectivity index (χ4v) is 2.35. The van der Waals surface area contributed by atoms with Crippen molar-refractivity contribution in [2.75, 3.05) is 6.54 Å². The number of ether oxygens (including phenoxy) is 1. The van der Waals surface area contributed by atoms with Gasteiger partial charge in [0, 0.05) is 6.54 Å². The zero-order valence-corrected chi connectivity index (χ0v) is 15.1. The molecule has 2 N–H and O–H groups in total. The van der Waals surface area contributed by atoms with Crippen LogP contribution in [0.2, 0.25) is 0 Å². The summed E-state index contributed by atoms with van der Waals surface area (Å²) in [5.41, 5.74) is 7.18. The molecule has 0 aliphatic carbocycles. The minimum Gasteiger partial charge on any atom is -0.491 e. The summed E-state index contributed by atoms with van der Waals surface area (Å²) in [6.07, 6.45) is 2.20. The van der Waals surface area contributed by atoms with Gasteiger partial charge in [0.05, 0.1) is 17.3 Å². The molecule has 0 amide bonds. The summed E-state index contributed by atoms with van der Waals surface area (Å²) >= 11 is 0. The highest BCUT2D eigenvalue weighted by molar-refractivity contribution is 6.55. The van der Waals surface area contributed by atoms with E-state index in [4.69, 9.17) is 19.8 Å². The lowest BCUT2D eigenvalue weighted by Crippen LogP contribution is -2.41. The first kappa shape index (κ1) is 18.0. The SMILES string of the molecule is CC(C)Oc1ccc(C=C(CN)B2OC(C)(C)C(C)(C)O2)cc1. The van der Waals surface area contributed by atoms with E-state index in [2.05, 4.69) is 0 Å². The minimum absolute atomic E-state index is 0.167. The molecule has 0 unspecified atom stereocenters. The Morgan fingerprint density at radius 1 is 1.13 bits per heavy atom.